The van der Waals surface area contributed by atoms with Gasteiger partial charge in [0.2, 0.25) is 10.0 Å². The van der Waals surface area contributed by atoms with E-state index < -0.39 is 15.9 Å². The number of nitrogens with one attached hydrogen (secondary N) is 3. The molecule has 3 aromatic rings. The Hall–Kier alpha value is -3.13. The number of anilines is 2. The zero-order valence-electron chi connectivity index (χ0n) is 15.6. The van der Waals surface area contributed by atoms with Crippen molar-refractivity contribution in [2.75, 3.05) is 16.3 Å². The summed E-state index contributed by atoms with van der Waals surface area (Å²) < 4.78 is 25.6. The molecule has 0 spiro atoms. The number of amides is 1. The summed E-state index contributed by atoms with van der Waals surface area (Å²) in [6.45, 7) is 2.05. The van der Waals surface area contributed by atoms with Gasteiger partial charge >= 0.3 is 0 Å². The number of aromatic nitrogens is 1. The molecular formula is C20H21N3O4S. The average molecular weight is 399 g/mol. The SMILES string of the molecule is CCCc1ccccc1NC(=O)c1cc(=O)c2cccc(NS(C)(=O)=O)c2[nH]1. The third kappa shape index (κ3) is 4.40. The molecule has 0 aliphatic rings. The van der Waals surface area contributed by atoms with Crippen LogP contribution in [0.2, 0.25) is 0 Å². The van der Waals surface area contributed by atoms with E-state index in [1.54, 1.807) is 18.2 Å². The largest absolute Gasteiger partial charge is 0.349 e. The lowest BCUT2D eigenvalue weighted by Gasteiger charge is -2.12. The molecule has 0 unspecified atom stereocenters. The van der Waals surface area contributed by atoms with Crippen LogP contribution >= 0.6 is 0 Å². The first-order valence-corrected chi connectivity index (χ1v) is 10.7. The van der Waals surface area contributed by atoms with E-state index >= 15 is 0 Å². The third-order valence-corrected chi connectivity index (χ3v) is 4.78. The molecule has 1 aromatic heterocycles. The number of aryl methyl sites for hydroxylation is 1. The van der Waals surface area contributed by atoms with Crippen LogP contribution in [0.25, 0.3) is 10.9 Å². The van der Waals surface area contributed by atoms with E-state index in [1.165, 1.54) is 12.1 Å². The number of carbonyl (C=O) groups is 1. The molecule has 0 fully saturated rings. The number of aromatic amines is 1. The van der Waals surface area contributed by atoms with E-state index in [1.807, 2.05) is 18.2 Å². The first kappa shape index (κ1) is 19.6. The van der Waals surface area contributed by atoms with Crippen molar-refractivity contribution in [1.82, 2.24) is 4.98 Å². The highest BCUT2D eigenvalue weighted by atomic mass is 32.2. The second kappa shape index (κ2) is 7.85. The van der Waals surface area contributed by atoms with Gasteiger partial charge in [0.1, 0.15) is 5.69 Å². The predicted octanol–water partition coefficient (Wildman–Crippen LogP) is 3.10. The smallest absolute Gasteiger partial charge is 0.272 e. The summed E-state index contributed by atoms with van der Waals surface area (Å²) in [5.41, 5.74) is 1.81. The van der Waals surface area contributed by atoms with Crippen LogP contribution in [0.1, 0.15) is 29.4 Å². The third-order valence-electron chi connectivity index (χ3n) is 4.19. The van der Waals surface area contributed by atoms with Gasteiger partial charge in [-0.05, 0) is 30.2 Å². The van der Waals surface area contributed by atoms with Gasteiger partial charge in [0, 0.05) is 17.1 Å². The lowest BCUT2D eigenvalue weighted by Crippen LogP contribution is -2.19. The van der Waals surface area contributed by atoms with Crippen LogP contribution < -0.4 is 15.5 Å². The lowest BCUT2D eigenvalue weighted by molar-refractivity contribution is 0.102. The molecular weight excluding hydrogens is 378 g/mol. The standard InChI is InChI=1S/C20H21N3O4S/c1-3-7-13-8-4-5-10-15(13)22-20(25)17-12-18(24)14-9-6-11-16(19(14)21-17)23-28(2,26)27/h4-6,8-12,23H,3,7H2,1-2H3,(H,21,24)(H,22,25). The summed E-state index contributed by atoms with van der Waals surface area (Å²) in [6, 6.07) is 13.4. The molecule has 0 saturated heterocycles. The zero-order chi connectivity index (χ0) is 20.3. The molecule has 8 heteroatoms. The van der Waals surface area contributed by atoms with Gasteiger partial charge in [0.25, 0.3) is 5.91 Å². The van der Waals surface area contributed by atoms with Crippen molar-refractivity contribution < 1.29 is 13.2 Å². The van der Waals surface area contributed by atoms with E-state index in [-0.39, 0.29) is 27.7 Å². The first-order chi connectivity index (χ1) is 13.3. The molecule has 7 nitrogen and oxygen atoms in total. The van der Waals surface area contributed by atoms with Gasteiger partial charge < -0.3 is 10.3 Å². The monoisotopic (exact) mass is 399 g/mol. The molecule has 146 valence electrons. The number of sulfonamides is 1. The van der Waals surface area contributed by atoms with Gasteiger partial charge in [0.15, 0.2) is 5.43 Å². The van der Waals surface area contributed by atoms with Gasteiger partial charge in [-0.2, -0.15) is 0 Å². The summed E-state index contributed by atoms with van der Waals surface area (Å²) in [5.74, 6) is -0.475. The zero-order valence-corrected chi connectivity index (χ0v) is 16.4. The Kier molecular flexibility index (Phi) is 5.51. The van der Waals surface area contributed by atoms with E-state index in [0.29, 0.717) is 5.69 Å². The molecule has 0 bridgehead atoms. The Morgan fingerprint density at radius 3 is 2.50 bits per heavy atom. The molecule has 3 N–H and O–H groups in total. The van der Waals surface area contributed by atoms with Crippen molar-refractivity contribution >= 4 is 38.2 Å². The van der Waals surface area contributed by atoms with Crippen LogP contribution in [-0.4, -0.2) is 25.6 Å². The van der Waals surface area contributed by atoms with Crippen LogP contribution in [0, 0.1) is 0 Å². The van der Waals surface area contributed by atoms with Crippen molar-refractivity contribution in [3.63, 3.8) is 0 Å². The van der Waals surface area contributed by atoms with Gasteiger partial charge in [0.05, 0.1) is 17.5 Å². The second-order valence-electron chi connectivity index (χ2n) is 6.51. The summed E-state index contributed by atoms with van der Waals surface area (Å²) in [4.78, 5) is 28.1. The summed E-state index contributed by atoms with van der Waals surface area (Å²) >= 11 is 0. The highest BCUT2D eigenvalue weighted by Gasteiger charge is 2.14. The van der Waals surface area contributed by atoms with Crippen molar-refractivity contribution in [2.45, 2.75) is 19.8 Å². The topological polar surface area (TPSA) is 108 Å². The fraction of sp³-hybridized carbons (Fsp3) is 0.200. The van der Waals surface area contributed by atoms with Gasteiger partial charge in [-0.1, -0.05) is 37.6 Å². The molecule has 1 heterocycles. The molecule has 0 saturated carbocycles. The van der Waals surface area contributed by atoms with E-state index in [4.69, 9.17) is 0 Å². The van der Waals surface area contributed by atoms with E-state index in [2.05, 4.69) is 21.9 Å². The number of hydrogen-bond acceptors (Lipinski definition) is 4. The number of para-hydroxylation sites is 2. The van der Waals surface area contributed by atoms with Crippen LogP contribution in [0.3, 0.4) is 0 Å². The maximum Gasteiger partial charge on any atom is 0.272 e. The minimum Gasteiger partial charge on any atom is -0.349 e. The Balaban J connectivity index is 2.03. The minimum atomic E-state index is -3.55. The van der Waals surface area contributed by atoms with Gasteiger partial charge in [-0.25, -0.2) is 8.42 Å². The maximum atomic E-state index is 12.7. The van der Waals surface area contributed by atoms with E-state index in [0.717, 1.165) is 24.7 Å². The fourth-order valence-electron chi connectivity index (χ4n) is 3.00. The van der Waals surface area contributed by atoms with Crippen LogP contribution in [0.15, 0.2) is 53.3 Å². The van der Waals surface area contributed by atoms with Crippen LogP contribution in [-0.2, 0) is 16.4 Å². The summed E-state index contributed by atoms with van der Waals surface area (Å²) in [5, 5.41) is 3.11. The summed E-state index contributed by atoms with van der Waals surface area (Å²) in [6.07, 6.45) is 2.76. The number of pyridine rings is 1. The number of benzene rings is 2. The first-order valence-electron chi connectivity index (χ1n) is 8.81. The molecule has 0 aliphatic carbocycles. The number of fused-ring (bicyclic) bond motifs is 1. The molecule has 0 radical (unpaired) electrons. The molecule has 0 aliphatic heterocycles. The Morgan fingerprint density at radius 2 is 1.79 bits per heavy atom. The number of carbonyl (C=O) groups excluding carboxylic acids is 1. The lowest BCUT2D eigenvalue weighted by atomic mass is 10.1. The number of rotatable bonds is 6. The van der Waals surface area contributed by atoms with Crippen LogP contribution in [0.4, 0.5) is 11.4 Å². The van der Waals surface area contributed by atoms with Crippen molar-refractivity contribution in [3.8, 4) is 0 Å². The highest BCUT2D eigenvalue weighted by Crippen LogP contribution is 2.21. The quantitative estimate of drug-likeness (QED) is 0.592. The molecule has 1 amide bonds. The number of hydrogen-bond donors (Lipinski definition) is 3. The Labute approximate surface area is 162 Å². The minimum absolute atomic E-state index is 0.0477. The Bertz CT molecular complexity index is 1200. The fourth-order valence-corrected chi connectivity index (χ4v) is 3.57. The molecule has 3 rings (SSSR count). The van der Waals surface area contributed by atoms with Crippen LogP contribution in [0.5, 0.6) is 0 Å². The Morgan fingerprint density at radius 1 is 1.07 bits per heavy atom. The van der Waals surface area contributed by atoms with Crippen molar-refractivity contribution in [3.05, 3.63) is 70.0 Å². The maximum absolute atomic E-state index is 12.7. The van der Waals surface area contributed by atoms with Gasteiger partial charge in [-0.15, -0.1) is 0 Å². The molecule has 0 atom stereocenters. The summed E-state index contributed by atoms with van der Waals surface area (Å²) in [7, 11) is -3.55. The number of H-pyrrole nitrogens is 1. The average Bonchev–Trinajstić information content (AvgIpc) is 2.63. The van der Waals surface area contributed by atoms with Crippen molar-refractivity contribution in [2.24, 2.45) is 0 Å². The predicted molar refractivity (Wildman–Crippen MR) is 111 cm³/mol. The van der Waals surface area contributed by atoms with E-state index in [9.17, 15) is 18.0 Å². The highest BCUT2D eigenvalue weighted by molar-refractivity contribution is 7.92. The molecule has 28 heavy (non-hydrogen) atoms. The van der Waals surface area contributed by atoms with Gasteiger partial charge in [-0.3, -0.25) is 14.3 Å². The van der Waals surface area contributed by atoms with Crippen molar-refractivity contribution in [1.29, 1.82) is 0 Å². The normalized spacial score (nSPS) is 11.4. The second-order valence-corrected chi connectivity index (χ2v) is 8.26. The molecule has 2 aromatic carbocycles.